The summed E-state index contributed by atoms with van der Waals surface area (Å²) in [5.41, 5.74) is 2.39. The summed E-state index contributed by atoms with van der Waals surface area (Å²) in [5.74, 6) is 0. The standard InChI is InChI=1S/C12H14BrN3O2/c1-16-11(12(17-2)18-3)9(13)10(15-16)8-6-4-5-7-14-8/h4-7,12H,1-3H3. The number of hydrogen-bond acceptors (Lipinski definition) is 4. The smallest absolute Gasteiger partial charge is 0.201 e. The number of methoxy groups -OCH3 is 2. The Balaban J connectivity index is 2.50. The van der Waals surface area contributed by atoms with Gasteiger partial charge in [-0.05, 0) is 28.1 Å². The zero-order valence-electron chi connectivity index (χ0n) is 10.4. The second-order valence-corrected chi connectivity index (χ2v) is 4.48. The van der Waals surface area contributed by atoms with E-state index < -0.39 is 6.29 Å². The van der Waals surface area contributed by atoms with Crippen LogP contribution >= 0.6 is 15.9 Å². The van der Waals surface area contributed by atoms with E-state index in [9.17, 15) is 0 Å². The fourth-order valence-corrected chi connectivity index (χ4v) is 2.48. The van der Waals surface area contributed by atoms with Crippen LogP contribution in [0, 0.1) is 0 Å². The van der Waals surface area contributed by atoms with Crippen molar-refractivity contribution >= 4 is 15.9 Å². The number of rotatable bonds is 4. The molecule has 0 saturated carbocycles. The average molecular weight is 312 g/mol. The summed E-state index contributed by atoms with van der Waals surface area (Å²) in [6.07, 6.45) is 1.27. The first-order valence-electron chi connectivity index (χ1n) is 5.38. The van der Waals surface area contributed by atoms with Crippen molar-refractivity contribution < 1.29 is 9.47 Å². The van der Waals surface area contributed by atoms with Gasteiger partial charge in [0.1, 0.15) is 11.4 Å². The van der Waals surface area contributed by atoms with Crippen LogP contribution in [-0.4, -0.2) is 29.0 Å². The minimum atomic E-state index is -0.464. The molecule has 0 fully saturated rings. The Morgan fingerprint density at radius 1 is 1.28 bits per heavy atom. The van der Waals surface area contributed by atoms with E-state index in [2.05, 4.69) is 26.0 Å². The minimum Gasteiger partial charge on any atom is -0.350 e. The first-order chi connectivity index (χ1) is 8.69. The van der Waals surface area contributed by atoms with Crippen molar-refractivity contribution in [2.24, 2.45) is 7.05 Å². The van der Waals surface area contributed by atoms with E-state index >= 15 is 0 Å². The molecule has 2 aromatic heterocycles. The van der Waals surface area contributed by atoms with E-state index in [-0.39, 0.29) is 0 Å². The molecule has 2 aromatic rings. The Hall–Kier alpha value is -1.24. The molecule has 5 nitrogen and oxygen atoms in total. The molecule has 0 aliphatic heterocycles. The highest BCUT2D eigenvalue weighted by atomic mass is 79.9. The van der Waals surface area contributed by atoms with Crippen molar-refractivity contribution in [2.45, 2.75) is 6.29 Å². The molecule has 0 aromatic carbocycles. The molecule has 6 heteroatoms. The molecule has 0 amide bonds. The van der Waals surface area contributed by atoms with Gasteiger partial charge in [0.2, 0.25) is 6.29 Å². The average Bonchev–Trinajstić information content (AvgIpc) is 2.69. The lowest BCUT2D eigenvalue weighted by molar-refractivity contribution is -0.111. The quantitative estimate of drug-likeness (QED) is 0.814. The highest BCUT2D eigenvalue weighted by Gasteiger charge is 2.23. The summed E-state index contributed by atoms with van der Waals surface area (Å²) >= 11 is 3.54. The first kappa shape index (κ1) is 13.2. The monoisotopic (exact) mass is 311 g/mol. The largest absolute Gasteiger partial charge is 0.350 e. The van der Waals surface area contributed by atoms with Crippen LogP contribution in [0.15, 0.2) is 28.9 Å². The molecule has 0 saturated heterocycles. The summed E-state index contributed by atoms with van der Waals surface area (Å²) < 4.78 is 13.1. The van der Waals surface area contributed by atoms with E-state index in [4.69, 9.17) is 9.47 Å². The van der Waals surface area contributed by atoms with Crippen LogP contribution in [0.1, 0.15) is 12.0 Å². The van der Waals surface area contributed by atoms with Gasteiger partial charge in [-0.25, -0.2) is 0 Å². The van der Waals surface area contributed by atoms with E-state index in [1.54, 1.807) is 25.1 Å². The lowest BCUT2D eigenvalue weighted by Crippen LogP contribution is -2.09. The van der Waals surface area contributed by atoms with Gasteiger partial charge >= 0.3 is 0 Å². The van der Waals surface area contributed by atoms with Crippen LogP contribution in [0.25, 0.3) is 11.4 Å². The second kappa shape index (κ2) is 5.60. The van der Waals surface area contributed by atoms with E-state index in [1.807, 2.05) is 25.2 Å². The van der Waals surface area contributed by atoms with Crippen LogP contribution in [0.4, 0.5) is 0 Å². The zero-order chi connectivity index (χ0) is 13.1. The number of aryl methyl sites for hydroxylation is 1. The van der Waals surface area contributed by atoms with Gasteiger partial charge in [0.25, 0.3) is 0 Å². The molecule has 0 unspecified atom stereocenters. The van der Waals surface area contributed by atoms with Crippen LogP contribution in [0.3, 0.4) is 0 Å². The third-order valence-electron chi connectivity index (χ3n) is 2.59. The molecule has 0 radical (unpaired) electrons. The summed E-state index contributed by atoms with van der Waals surface area (Å²) in [4.78, 5) is 4.29. The van der Waals surface area contributed by atoms with Crippen molar-refractivity contribution in [3.05, 3.63) is 34.6 Å². The molecular formula is C12H14BrN3O2. The number of hydrogen-bond donors (Lipinski definition) is 0. The van der Waals surface area contributed by atoms with E-state index in [0.717, 1.165) is 21.6 Å². The first-order valence-corrected chi connectivity index (χ1v) is 6.17. The molecule has 0 aliphatic rings. The normalized spacial score (nSPS) is 11.2. The summed E-state index contributed by atoms with van der Waals surface area (Å²) in [5, 5.41) is 4.44. The molecule has 2 heterocycles. The Bertz CT molecular complexity index is 524. The predicted molar refractivity (Wildman–Crippen MR) is 70.9 cm³/mol. The summed E-state index contributed by atoms with van der Waals surface area (Å²) in [6, 6.07) is 5.70. The van der Waals surface area contributed by atoms with Crippen LogP contribution in [-0.2, 0) is 16.5 Å². The Morgan fingerprint density at radius 2 is 2.00 bits per heavy atom. The number of nitrogens with zero attached hydrogens (tertiary/aromatic N) is 3. The number of pyridine rings is 1. The summed E-state index contributed by atoms with van der Waals surface area (Å²) in [6.45, 7) is 0. The van der Waals surface area contributed by atoms with Crippen LogP contribution in [0.2, 0.25) is 0 Å². The summed E-state index contributed by atoms with van der Waals surface area (Å²) in [7, 11) is 5.03. The Kier molecular flexibility index (Phi) is 4.11. The van der Waals surface area contributed by atoms with Gasteiger partial charge in [-0.15, -0.1) is 0 Å². The highest BCUT2D eigenvalue weighted by molar-refractivity contribution is 9.10. The zero-order valence-corrected chi connectivity index (χ0v) is 12.0. The van der Waals surface area contributed by atoms with Gasteiger partial charge in [0.05, 0.1) is 10.2 Å². The van der Waals surface area contributed by atoms with Crippen molar-refractivity contribution in [3.63, 3.8) is 0 Å². The maximum Gasteiger partial charge on any atom is 0.201 e. The van der Waals surface area contributed by atoms with Gasteiger partial charge in [-0.1, -0.05) is 6.07 Å². The Labute approximate surface area is 114 Å². The molecule has 0 N–H and O–H groups in total. The fourth-order valence-electron chi connectivity index (χ4n) is 1.75. The van der Waals surface area contributed by atoms with E-state index in [1.165, 1.54) is 0 Å². The van der Waals surface area contributed by atoms with Gasteiger partial charge in [-0.3, -0.25) is 9.67 Å². The second-order valence-electron chi connectivity index (χ2n) is 3.69. The molecule has 0 aliphatic carbocycles. The van der Waals surface area contributed by atoms with Crippen LogP contribution < -0.4 is 0 Å². The molecular weight excluding hydrogens is 298 g/mol. The molecule has 2 rings (SSSR count). The third kappa shape index (κ3) is 2.31. The van der Waals surface area contributed by atoms with Crippen molar-refractivity contribution in [3.8, 4) is 11.4 Å². The van der Waals surface area contributed by atoms with Crippen molar-refractivity contribution in [1.29, 1.82) is 0 Å². The van der Waals surface area contributed by atoms with Gasteiger partial charge in [0, 0.05) is 27.5 Å². The van der Waals surface area contributed by atoms with Gasteiger partial charge in [0.15, 0.2) is 0 Å². The van der Waals surface area contributed by atoms with Crippen molar-refractivity contribution in [2.75, 3.05) is 14.2 Å². The highest BCUT2D eigenvalue weighted by Crippen LogP contribution is 2.33. The topological polar surface area (TPSA) is 49.2 Å². The molecule has 0 spiro atoms. The van der Waals surface area contributed by atoms with Gasteiger partial charge in [-0.2, -0.15) is 5.10 Å². The van der Waals surface area contributed by atoms with Crippen molar-refractivity contribution in [1.82, 2.24) is 14.8 Å². The molecule has 0 bridgehead atoms. The number of aromatic nitrogens is 3. The molecule has 18 heavy (non-hydrogen) atoms. The lowest BCUT2D eigenvalue weighted by Gasteiger charge is -2.13. The minimum absolute atomic E-state index is 0.464. The molecule has 0 atom stereocenters. The lowest BCUT2D eigenvalue weighted by atomic mass is 10.2. The van der Waals surface area contributed by atoms with E-state index in [0.29, 0.717) is 0 Å². The number of halogens is 1. The fraction of sp³-hybridized carbons (Fsp3) is 0.333. The number of ether oxygens (including phenoxy) is 2. The Morgan fingerprint density at radius 3 is 2.56 bits per heavy atom. The van der Waals surface area contributed by atoms with Crippen LogP contribution in [0.5, 0.6) is 0 Å². The van der Waals surface area contributed by atoms with Gasteiger partial charge < -0.3 is 9.47 Å². The molecule has 96 valence electrons. The SMILES string of the molecule is COC(OC)c1c(Br)c(-c2ccccn2)nn1C. The maximum absolute atomic E-state index is 5.26. The predicted octanol–water partition coefficient (Wildman–Crippen LogP) is 2.54. The maximum atomic E-state index is 5.26. The third-order valence-corrected chi connectivity index (χ3v) is 3.37.